The average Bonchev–Trinajstić information content (AvgIpc) is 2.23. The lowest BCUT2D eigenvalue weighted by Crippen LogP contribution is -2.47. The van der Waals surface area contributed by atoms with Crippen LogP contribution in [0.3, 0.4) is 0 Å². The van der Waals surface area contributed by atoms with Gasteiger partial charge in [-0.1, -0.05) is 39.8 Å². The van der Waals surface area contributed by atoms with E-state index in [-0.39, 0.29) is 0 Å². The Hall–Kier alpha value is -0.980. The summed E-state index contributed by atoms with van der Waals surface area (Å²) in [6, 6.07) is 9.10. The van der Waals surface area contributed by atoms with Crippen LogP contribution in [0.15, 0.2) is 24.3 Å². The fourth-order valence-corrected chi connectivity index (χ4v) is 2.67. The Kier molecular flexibility index (Phi) is 3.76. The van der Waals surface area contributed by atoms with Crippen molar-refractivity contribution in [2.75, 3.05) is 18.0 Å². The van der Waals surface area contributed by atoms with Crippen molar-refractivity contribution in [2.24, 2.45) is 11.8 Å². The lowest BCUT2D eigenvalue weighted by Gasteiger charge is -2.42. The quantitative estimate of drug-likeness (QED) is 0.747. The summed E-state index contributed by atoms with van der Waals surface area (Å²) >= 11 is 0. The highest BCUT2D eigenvalue weighted by atomic mass is 15.2. The minimum absolute atomic E-state index is 0.633. The second-order valence-corrected chi connectivity index (χ2v) is 6.15. The van der Waals surface area contributed by atoms with E-state index in [1.165, 1.54) is 30.8 Å². The van der Waals surface area contributed by atoms with Gasteiger partial charge in [-0.15, -0.1) is 0 Å². The predicted octanol–water partition coefficient (Wildman–Crippen LogP) is 4.29. The number of nitrogens with zero attached hydrogens (tertiary/aromatic N) is 1. The molecule has 0 amide bonds. The van der Waals surface area contributed by atoms with Crippen LogP contribution in [0.25, 0.3) is 0 Å². The Balaban J connectivity index is 1.88. The fraction of sp³-hybridized carbons (Fsp3) is 0.625. The molecule has 0 radical (unpaired) electrons. The zero-order valence-corrected chi connectivity index (χ0v) is 11.6. The summed E-state index contributed by atoms with van der Waals surface area (Å²) in [5.74, 6) is 2.39. The van der Waals surface area contributed by atoms with Gasteiger partial charge in [0.15, 0.2) is 0 Å². The predicted molar refractivity (Wildman–Crippen MR) is 75.7 cm³/mol. The molecule has 0 saturated carbocycles. The lowest BCUT2D eigenvalue weighted by atomic mass is 9.90. The maximum Gasteiger partial charge on any atom is 0.0366 e. The Bertz CT molecular complexity index is 344. The maximum absolute atomic E-state index is 2.50. The lowest BCUT2D eigenvalue weighted by molar-refractivity contribution is 0.338. The van der Waals surface area contributed by atoms with Crippen molar-refractivity contribution in [1.29, 1.82) is 0 Å². The summed E-state index contributed by atoms with van der Waals surface area (Å²) in [6.45, 7) is 11.6. The van der Waals surface area contributed by atoms with Gasteiger partial charge in [-0.25, -0.2) is 0 Å². The molecular weight excluding hydrogens is 206 g/mol. The Morgan fingerprint density at radius 2 is 1.65 bits per heavy atom. The van der Waals surface area contributed by atoms with Crippen LogP contribution in [-0.4, -0.2) is 13.1 Å². The van der Waals surface area contributed by atoms with E-state index in [9.17, 15) is 0 Å². The molecule has 0 atom stereocenters. The molecule has 94 valence electrons. The van der Waals surface area contributed by atoms with E-state index in [0.29, 0.717) is 5.92 Å². The van der Waals surface area contributed by atoms with Crippen LogP contribution in [0, 0.1) is 11.8 Å². The van der Waals surface area contributed by atoms with Crippen molar-refractivity contribution in [1.82, 2.24) is 0 Å². The van der Waals surface area contributed by atoms with Gasteiger partial charge in [0, 0.05) is 18.8 Å². The third-order valence-electron chi connectivity index (χ3n) is 3.69. The second kappa shape index (κ2) is 5.12. The summed E-state index contributed by atoms with van der Waals surface area (Å²) in [5, 5.41) is 0. The van der Waals surface area contributed by atoms with E-state index >= 15 is 0 Å². The van der Waals surface area contributed by atoms with Crippen molar-refractivity contribution in [2.45, 2.75) is 40.0 Å². The highest BCUT2D eigenvalue weighted by molar-refractivity contribution is 5.50. The summed E-state index contributed by atoms with van der Waals surface area (Å²) in [6.07, 6.45) is 1.38. The molecule has 0 N–H and O–H groups in total. The molecule has 1 aromatic carbocycles. The molecule has 1 nitrogen and oxygen atoms in total. The normalized spacial score (nSPS) is 16.7. The number of benzene rings is 1. The molecule has 1 aliphatic rings. The molecule has 1 aromatic rings. The maximum atomic E-state index is 2.50. The molecule has 0 aromatic heterocycles. The minimum Gasteiger partial charge on any atom is -0.371 e. The molecule has 1 aliphatic heterocycles. The first-order chi connectivity index (χ1) is 8.06. The molecular formula is C16H25N. The second-order valence-electron chi connectivity index (χ2n) is 6.15. The third kappa shape index (κ3) is 3.02. The largest absolute Gasteiger partial charge is 0.371 e. The van der Waals surface area contributed by atoms with E-state index in [2.05, 4.69) is 56.9 Å². The Labute approximate surface area is 106 Å². The molecule has 0 bridgehead atoms. The summed E-state index contributed by atoms with van der Waals surface area (Å²) < 4.78 is 0. The van der Waals surface area contributed by atoms with Gasteiger partial charge in [-0.3, -0.25) is 0 Å². The van der Waals surface area contributed by atoms with Crippen LogP contribution in [0.5, 0.6) is 0 Å². The van der Waals surface area contributed by atoms with Gasteiger partial charge >= 0.3 is 0 Å². The molecule has 0 spiro atoms. The van der Waals surface area contributed by atoms with Crippen molar-refractivity contribution in [3.63, 3.8) is 0 Å². The third-order valence-corrected chi connectivity index (χ3v) is 3.69. The number of hydrogen-bond donors (Lipinski definition) is 0. The SMILES string of the molecule is CC(C)CC1CN(c2ccc(C(C)C)cc2)C1. The molecule has 0 unspecified atom stereocenters. The highest BCUT2D eigenvalue weighted by Gasteiger charge is 2.27. The molecule has 1 fully saturated rings. The first-order valence-corrected chi connectivity index (χ1v) is 6.91. The van der Waals surface area contributed by atoms with Crippen molar-refractivity contribution in [3.8, 4) is 0 Å². The summed E-state index contributed by atoms with van der Waals surface area (Å²) in [5.41, 5.74) is 2.84. The van der Waals surface area contributed by atoms with E-state index in [0.717, 1.165) is 11.8 Å². The van der Waals surface area contributed by atoms with Gasteiger partial charge in [-0.05, 0) is 41.9 Å². The average molecular weight is 231 g/mol. The van der Waals surface area contributed by atoms with Crippen molar-refractivity contribution in [3.05, 3.63) is 29.8 Å². The van der Waals surface area contributed by atoms with Gasteiger partial charge in [-0.2, -0.15) is 0 Å². The van der Waals surface area contributed by atoms with E-state index in [1.807, 2.05) is 0 Å². The van der Waals surface area contributed by atoms with Gasteiger partial charge in [0.2, 0.25) is 0 Å². The van der Waals surface area contributed by atoms with Gasteiger partial charge in [0.25, 0.3) is 0 Å². The van der Waals surface area contributed by atoms with E-state index in [4.69, 9.17) is 0 Å². The van der Waals surface area contributed by atoms with E-state index in [1.54, 1.807) is 0 Å². The number of anilines is 1. The molecule has 1 heterocycles. The van der Waals surface area contributed by atoms with Crippen molar-refractivity contribution >= 4 is 5.69 Å². The van der Waals surface area contributed by atoms with Crippen LogP contribution in [-0.2, 0) is 0 Å². The van der Waals surface area contributed by atoms with Crippen LogP contribution < -0.4 is 4.90 Å². The van der Waals surface area contributed by atoms with E-state index < -0.39 is 0 Å². The highest BCUT2D eigenvalue weighted by Crippen LogP contribution is 2.29. The molecule has 17 heavy (non-hydrogen) atoms. The van der Waals surface area contributed by atoms with Crippen LogP contribution in [0.1, 0.15) is 45.6 Å². The van der Waals surface area contributed by atoms with Crippen molar-refractivity contribution < 1.29 is 0 Å². The Morgan fingerprint density at radius 3 is 2.12 bits per heavy atom. The van der Waals surface area contributed by atoms with Crippen LogP contribution in [0.2, 0.25) is 0 Å². The number of hydrogen-bond acceptors (Lipinski definition) is 1. The standard InChI is InChI=1S/C16H25N/c1-12(2)9-14-10-17(11-14)16-7-5-15(6-8-16)13(3)4/h5-8,12-14H,9-11H2,1-4H3. The summed E-state index contributed by atoms with van der Waals surface area (Å²) in [7, 11) is 0. The van der Waals surface area contributed by atoms with Crippen LogP contribution in [0.4, 0.5) is 5.69 Å². The fourth-order valence-electron chi connectivity index (χ4n) is 2.67. The zero-order chi connectivity index (χ0) is 12.4. The zero-order valence-electron chi connectivity index (χ0n) is 11.6. The van der Waals surface area contributed by atoms with Crippen LogP contribution >= 0.6 is 0 Å². The molecule has 1 saturated heterocycles. The minimum atomic E-state index is 0.633. The molecule has 1 heteroatoms. The first-order valence-electron chi connectivity index (χ1n) is 6.91. The topological polar surface area (TPSA) is 3.24 Å². The monoisotopic (exact) mass is 231 g/mol. The molecule has 0 aliphatic carbocycles. The smallest absolute Gasteiger partial charge is 0.0366 e. The Morgan fingerprint density at radius 1 is 1.06 bits per heavy atom. The van der Waals surface area contributed by atoms with Gasteiger partial charge in [0.1, 0.15) is 0 Å². The first kappa shape index (κ1) is 12.5. The van der Waals surface area contributed by atoms with Gasteiger partial charge < -0.3 is 4.90 Å². The molecule has 2 rings (SSSR count). The summed E-state index contributed by atoms with van der Waals surface area (Å²) in [4.78, 5) is 2.50. The number of rotatable bonds is 4. The van der Waals surface area contributed by atoms with Gasteiger partial charge in [0.05, 0.1) is 0 Å².